The Hall–Kier alpha value is -3.34. The zero-order chi connectivity index (χ0) is 21.2. The number of nitrogens with zero attached hydrogens (tertiary/aromatic N) is 2. The number of methoxy groups -OCH3 is 1. The Balaban J connectivity index is 1.67. The van der Waals surface area contributed by atoms with Gasteiger partial charge in [0.25, 0.3) is 0 Å². The van der Waals surface area contributed by atoms with Crippen molar-refractivity contribution in [1.82, 2.24) is 9.55 Å². The second-order valence-corrected chi connectivity index (χ2v) is 7.08. The van der Waals surface area contributed by atoms with Crippen molar-refractivity contribution < 1.29 is 14.3 Å². The van der Waals surface area contributed by atoms with Crippen molar-refractivity contribution >= 4 is 12.0 Å². The fourth-order valence-corrected chi connectivity index (χ4v) is 3.29. The molecule has 0 atom stereocenters. The molecule has 30 heavy (non-hydrogen) atoms. The Morgan fingerprint density at radius 2 is 1.87 bits per heavy atom. The first-order valence-corrected chi connectivity index (χ1v) is 10.2. The van der Waals surface area contributed by atoms with Gasteiger partial charge in [0.2, 0.25) is 0 Å². The lowest BCUT2D eigenvalue weighted by Gasteiger charge is -2.10. The number of esters is 1. The molecule has 0 aliphatic heterocycles. The minimum absolute atomic E-state index is 0.286. The predicted octanol–water partition coefficient (Wildman–Crippen LogP) is 5.17. The first kappa shape index (κ1) is 21.4. The van der Waals surface area contributed by atoms with Crippen LogP contribution in [0.3, 0.4) is 0 Å². The van der Waals surface area contributed by atoms with Gasteiger partial charge in [0.1, 0.15) is 5.75 Å². The average Bonchev–Trinajstić information content (AvgIpc) is 3.28. The van der Waals surface area contributed by atoms with Crippen molar-refractivity contribution in [3.8, 4) is 5.75 Å². The molecule has 2 aromatic carbocycles. The summed E-state index contributed by atoms with van der Waals surface area (Å²) >= 11 is 0. The number of allylic oxidation sites excluding steroid dienone is 1. The van der Waals surface area contributed by atoms with E-state index in [1.165, 1.54) is 11.1 Å². The maximum absolute atomic E-state index is 11.9. The SMILES string of the molecule is CCOC(=O)c1ccc(C=C(CCCc2ccc(OC)cc2)Cn2ccnc2)cc1. The van der Waals surface area contributed by atoms with Gasteiger partial charge in [-0.3, -0.25) is 0 Å². The Morgan fingerprint density at radius 3 is 2.50 bits per heavy atom. The highest BCUT2D eigenvalue weighted by atomic mass is 16.5. The van der Waals surface area contributed by atoms with E-state index in [1.54, 1.807) is 13.3 Å². The lowest BCUT2D eigenvalue weighted by atomic mass is 10.0. The average molecular weight is 405 g/mol. The summed E-state index contributed by atoms with van der Waals surface area (Å²) in [5.41, 5.74) is 4.26. The fourth-order valence-electron chi connectivity index (χ4n) is 3.29. The molecule has 0 radical (unpaired) electrons. The van der Waals surface area contributed by atoms with Crippen LogP contribution >= 0.6 is 0 Å². The summed E-state index contributed by atoms with van der Waals surface area (Å²) < 4.78 is 12.4. The normalized spacial score (nSPS) is 11.3. The highest BCUT2D eigenvalue weighted by Crippen LogP contribution is 2.18. The van der Waals surface area contributed by atoms with Crippen LogP contribution in [-0.4, -0.2) is 29.2 Å². The van der Waals surface area contributed by atoms with E-state index in [1.807, 2.05) is 55.8 Å². The topological polar surface area (TPSA) is 53.4 Å². The van der Waals surface area contributed by atoms with E-state index in [2.05, 4.69) is 27.8 Å². The van der Waals surface area contributed by atoms with Gasteiger partial charge < -0.3 is 14.0 Å². The molecule has 0 unspecified atom stereocenters. The van der Waals surface area contributed by atoms with Gasteiger partial charge in [-0.2, -0.15) is 0 Å². The number of ether oxygens (including phenoxy) is 2. The Kier molecular flexibility index (Phi) is 7.84. The van der Waals surface area contributed by atoms with Crippen LogP contribution in [0.5, 0.6) is 5.75 Å². The van der Waals surface area contributed by atoms with Crippen LogP contribution in [0.4, 0.5) is 0 Å². The van der Waals surface area contributed by atoms with Crippen LogP contribution in [-0.2, 0) is 17.7 Å². The lowest BCUT2D eigenvalue weighted by Crippen LogP contribution is -2.04. The van der Waals surface area contributed by atoms with Crippen LogP contribution in [0.1, 0.15) is 41.3 Å². The van der Waals surface area contributed by atoms with E-state index in [9.17, 15) is 4.79 Å². The molecule has 1 heterocycles. The van der Waals surface area contributed by atoms with E-state index >= 15 is 0 Å². The number of hydrogen-bond acceptors (Lipinski definition) is 4. The van der Waals surface area contributed by atoms with Gasteiger partial charge in [-0.1, -0.05) is 30.3 Å². The summed E-state index contributed by atoms with van der Waals surface area (Å²) in [5.74, 6) is 0.594. The van der Waals surface area contributed by atoms with Crippen molar-refractivity contribution in [2.24, 2.45) is 0 Å². The summed E-state index contributed by atoms with van der Waals surface area (Å²) in [6, 6.07) is 15.8. The number of aryl methyl sites for hydroxylation is 1. The third kappa shape index (κ3) is 6.34. The minimum atomic E-state index is -0.286. The van der Waals surface area contributed by atoms with Crippen molar-refractivity contribution in [2.75, 3.05) is 13.7 Å². The molecular formula is C25H28N2O3. The molecule has 0 saturated carbocycles. The fraction of sp³-hybridized carbons (Fsp3) is 0.280. The van der Waals surface area contributed by atoms with Gasteiger partial charge in [0.05, 0.1) is 25.6 Å². The molecule has 3 rings (SSSR count). The van der Waals surface area contributed by atoms with Gasteiger partial charge in [0, 0.05) is 18.9 Å². The molecular weight excluding hydrogens is 376 g/mol. The largest absolute Gasteiger partial charge is 0.497 e. The quantitative estimate of drug-likeness (QED) is 0.437. The molecule has 0 amide bonds. The maximum atomic E-state index is 11.9. The molecule has 0 N–H and O–H groups in total. The van der Waals surface area contributed by atoms with Crippen LogP contribution in [0, 0.1) is 0 Å². The highest BCUT2D eigenvalue weighted by Gasteiger charge is 2.06. The molecule has 3 aromatic rings. The molecule has 0 spiro atoms. The third-order valence-electron chi connectivity index (χ3n) is 4.86. The zero-order valence-electron chi connectivity index (χ0n) is 17.6. The molecule has 5 heteroatoms. The Morgan fingerprint density at radius 1 is 1.10 bits per heavy atom. The second-order valence-electron chi connectivity index (χ2n) is 7.08. The number of carbonyl (C=O) groups is 1. The molecule has 0 aliphatic carbocycles. The van der Waals surface area contributed by atoms with Gasteiger partial charge in [-0.05, 0) is 67.2 Å². The van der Waals surface area contributed by atoms with E-state index in [4.69, 9.17) is 9.47 Å². The third-order valence-corrected chi connectivity index (χ3v) is 4.86. The lowest BCUT2D eigenvalue weighted by molar-refractivity contribution is 0.0526. The zero-order valence-corrected chi connectivity index (χ0v) is 17.6. The summed E-state index contributed by atoms with van der Waals surface area (Å²) in [6.07, 6.45) is 10.8. The smallest absolute Gasteiger partial charge is 0.338 e. The van der Waals surface area contributed by atoms with Crippen molar-refractivity contribution in [1.29, 1.82) is 0 Å². The molecule has 0 bridgehead atoms. The minimum Gasteiger partial charge on any atom is -0.497 e. The van der Waals surface area contributed by atoms with Crippen LogP contribution < -0.4 is 4.74 Å². The highest BCUT2D eigenvalue weighted by molar-refractivity contribution is 5.89. The first-order valence-electron chi connectivity index (χ1n) is 10.2. The van der Waals surface area contributed by atoms with E-state index in [0.717, 1.165) is 37.1 Å². The molecule has 0 aliphatic rings. The number of imidazole rings is 1. The Labute approximate surface area is 178 Å². The summed E-state index contributed by atoms with van der Waals surface area (Å²) in [6.45, 7) is 2.98. The van der Waals surface area contributed by atoms with Crippen LogP contribution in [0.2, 0.25) is 0 Å². The van der Waals surface area contributed by atoms with Crippen LogP contribution in [0.25, 0.3) is 6.08 Å². The van der Waals surface area contributed by atoms with E-state index in [-0.39, 0.29) is 5.97 Å². The summed E-state index contributed by atoms with van der Waals surface area (Å²) in [7, 11) is 1.68. The number of carbonyl (C=O) groups excluding carboxylic acids is 1. The standard InChI is InChI=1S/C25H28N2O3/c1-3-30-25(28)23-11-7-21(8-12-23)17-22(18-27-16-15-26-19-27)6-4-5-20-9-13-24(29-2)14-10-20/h7-17,19H,3-6,18H2,1-2H3. The van der Waals surface area contributed by atoms with Gasteiger partial charge in [-0.15, -0.1) is 0 Å². The van der Waals surface area contributed by atoms with Crippen molar-refractivity contribution in [3.05, 3.63) is 89.5 Å². The number of aromatic nitrogens is 2. The van der Waals surface area contributed by atoms with E-state index in [0.29, 0.717) is 12.2 Å². The Bertz CT molecular complexity index is 943. The van der Waals surface area contributed by atoms with Crippen molar-refractivity contribution in [2.45, 2.75) is 32.7 Å². The summed E-state index contributed by atoms with van der Waals surface area (Å²) in [4.78, 5) is 16.0. The van der Waals surface area contributed by atoms with Gasteiger partial charge in [-0.25, -0.2) is 9.78 Å². The second kappa shape index (κ2) is 11.0. The number of benzene rings is 2. The molecule has 0 saturated heterocycles. The molecule has 1 aromatic heterocycles. The number of rotatable bonds is 10. The monoisotopic (exact) mass is 404 g/mol. The van der Waals surface area contributed by atoms with E-state index < -0.39 is 0 Å². The predicted molar refractivity (Wildman–Crippen MR) is 119 cm³/mol. The molecule has 156 valence electrons. The van der Waals surface area contributed by atoms with Crippen LogP contribution in [0.15, 0.2) is 72.8 Å². The number of hydrogen-bond donors (Lipinski definition) is 0. The van der Waals surface area contributed by atoms with Gasteiger partial charge >= 0.3 is 5.97 Å². The maximum Gasteiger partial charge on any atom is 0.338 e. The van der Waals surface area contributed by atoms with Gasteiger partial charge in [0.15, 0.2) is 0 Å². The molecule has 0 fully saturated rings. The summed E-state index contributed by atoms with van der Waals surface area (Å²) in [5, 5.41) is 0. The van der Waals surface area contributed by atoms with Crippen molar-refractivity contribution in [3.63, 3.8) is 0 Å². The first-order chi connectivity index (χ1) is 14.7. The molecule has 5 nitrogen and oxygen atoms in total.